The van der Waals surface area contributed by atoms with Crippen LogP contribution in [0.5, 0.6) is 0 Å². The number of anilines is 1. The molecule has 2 aromatic heterocycles. The van der Waals surface area contributed by atoms with Crippen LogP contribution in [0.15, 0.2) is 16.7 Å². The van der Waals surface area contributed by atoms with Crippen molar-refractivity contribution >= 4 is 73.6 Å². The molecule has 22 heteroatoms. The first-order valence-corrected chi connectivity index (χ1v) is 19.1. The third-order valence-electron chi connectivity index (χ3n) is 7.16. The molecule has 4 rings (SSSR count). The van der Waals surface area contributed by atoms with E-state index in [0.29, 0.717) is 0 Å². The van der Waals surface area contributed by atoms with Crippen molar-refractivity contribution in [2.45, 2.75) is 96.6 Å². The number of esters is 1. The van der Waals surface area contributed by atoms with Gasteiger partial charge in [-0.3, -0.25) is 24.3 Å². The van der Waals surface area contributed by atoms with Crippen LogP contribution >= 0.6 is 22.7 Å². The minimum Gasteiger partial charge on any atom is -0.457 e. The van der Waals surface area contributed by atoms with Gasteiger partial charge in [-0.05, 0) is 68.4 Å². The molecule has 0 spiro atoms. The van der Waals surface area contributed by atoms with Gasteiger partial charge in [-0.2, -0.15) is 8.42 Å². The normalized spacial score (nSPS) is 19.8. The van der Waals surface area contributed by atoms with Crippen LogP contribution in [0, 0.1) is 0 Å². The molecule has 4 heterocycles. The minimum atomic E-state index is -5.11. The lowest BCUT2D eigenvalue weighted by atomic mass is 9.98. The molecule has 2 aromatic rings. The van der Waals surface area contributed by atoms with Crippen molar-refractivity contribution in [3.8, 4) is 0 Å². The molecule has 2 aliphatic rings. The van der Waals surface area contributed by atoms with Gasteiger partial charge in [0, 0.05) is 24.4 Å². The van der Waals surface area contributed by atoms with Gasteiger partial charge in [-0.15, -0.1) is 22.7 Å². The first kappa shape index (κ1) is 40.5. The van der Waals surface area contributed by atoms with Gasteiger partial charge < -0.3 is 30.3 Å². The van der Waals surface area contributed by atoms with Crippen molar-refractivity contribution in [2.75, 3.05) is 25.0 Å². The summed E-state index contributed by atoms with van der Waals surface area (Å²) in [5.74, 6) is -3.60. The highest BCUT2D eigenvalue weighted by atomic mass is 32.2. The van der Waals surface area contributed by atoms with Crippen LogP contribution < -0.4 is 21.3 Å². The summed E-state index contributed by atoms with van der Waals surface area (Å²) in [6.07, 6.45) is 1.42. The van der Waals surface area contributed by atoms with Gasteiger partial charge in [0.05, 0.1) is 17.2 Å². The number of rotatable bonds is 12. The number of ether oxygens (including phenoxy) is 2. The maximum Gasteiger partial charge on any atom is 0.413 e. The number of carbonyl (C=O) groups excluding carboxylic acids is 5. The third kappa shape index (κ3) is 10.4. The molecule has 2 fully saturated rings. The van der Waals surface area contributed by atoms with Crippen molar-refractivity contribution in [1.82, 2.24) is 30.2 Å². The second kappa shape index (κ2) is 15.4. The lowest BCUT2D eigenvalue weighted by Gasteiger charge is -2.44. The molecular weight excluding hydrogens is 745 g/mol. The Morgan fingerprint density at radius 3 is 2.37 bits per heavy atom. The maximum absolute atomic E-state index is 13.7. The Balaban J connectivity index is 1.56. The molecule has 2 saturated heterocycles. The molecule has 19 nitrogen and oxygen atoms in total. The van der Waals surface area contributed by atoms with E-state index >= 15 is 0 Å². The second-order valence-electron chi connectivity index (χ2n) is 14.3. The van der Waals surface area contributed by atoms with E-state index in [1.165, 1.54) is 36.8 Å². The fourth-order valence-electron chi connectivity index (χ4n) is 4.74. The van der Waals surface area contributed by atoms with E-state index in [0.717, 1.165) is 35.9 Å². The average molecular weight is 787 g/mol. The molecule has 0 bridgehead atoms. The van der Waals surface area contributed by atoms with E-state index in [1.807, 2.05) is 0 Å². The first-order valence-electron chi connectivity index (χ1n) is 16.0. The zero-order chi connectivity index (χ0) is 38.8. The third-order valence-corrected chi connectivity index (χ3v) is 10.0. The average Bonchev–Trinajstić information content (AvgIpc) is 3.78. The van der Waals surface area contributed by atoms with Crippen LogP contribution in [0.1, 0.15) is 88.1 Å². The van der Waals surface area contributed by atoms with Crippen molar-refractivity contribution in [3.05, 3.63) is 27.2 Å². The number of aromatic nitrogens is 2. The summed E-state index contributed by atoms with van der Waals surface area (Å²) in [7, 11) is -5.11. The van der Waals surface area contributed by atoms with Crippen LogP contribution in [0.4, 0.5) is 9.93 Å². The summed E-state index contributed by atoms with van der Waals surface area (Å²) in [5.41, 5.74) is -4.20. The molecule has 52 heavy (non-hydrogen) atoms. The Hall–Kier alpha value is -4.25. The number of thiazole rings is 2. The minimum absolute atomic E-state index is 0.00979. The number of oxime groups is 1. The van der Waals surface area contributed by atoms with Gasteiger partial charge in [0.15, 0.2) is 10.8 Å². The Labute approximate surface area is 308 Å². The van der Waals surface area contributed by atoms with Crippen LogP contribution in [0.2, 0.25) is 0 Å². The molecule has 4 amide bonds. The van der Waals surface area contributed by atoms with Gasteiger partial charge in [-0.25, -0.2) is 23.9 Å². The van der Waals surface area contributed by atoms with E-state index in [2.05, 4.69) is 36.4 Å². The summed E-state index contributed by atoms with van der Waals surface area (Å²) in [4.78, 5) is 79.1. The standard InChI is InChI=1S/C30H42N8O11S3/c1-28(2,3)47-25(42)30(7,8)49-37-19(16-14-50-26(34-16)36-27(43)48-29(4,5)6)22(40)35-20-17(38(24(20)41)52(44,45)46)12-32-21(39)18-13-33-23(51-18)15-9-10-31-11-15/h13-15,17,20,31H,9-12H2,1-8H3,(H,32,39)(H,35,40)(H,34,36,43)(H,44,45,46)/b37-19-/t15-,17-,20+/m1/s1. The molecule has 2 aliphatic heterocycles. The van der Waals surface area contributed by atoms with Crippen LogP contribution in [0.25, 0.3) is 0 Å². The number of amides is 4. The summed E-state index contributed by atoms with van der Waals surface area (Å²) >= 11 is 2.06. The fourth-order valence-corrected chi connectivity index (χ4v) is 7.27. The number of β-lactam (4-membered cyclic amide) rings is 1. The van der Waals surface area contributed by atoms with Crippen molar-refractivity contribution in [2.24, 2.45) is 5.16 Å². The first-order chi connectivity index (χ1) is 23.9. The van der Waals surface area contributed by atoms with Crippen molar-refractivity contribution < 1.29 is 51.3 Å². The Bertz CT molecular complexity index is 1840. The lowest BCUT2D eigenvalue weighted by Crippen LogP contribution is -2.74. The molecule has 0 aliphatic carbocycles. The highest BCUT2D eigenvalue weighted by Crippen LogP contribution is 2.28. The summed E-state index contributed by atoms with van der Waals surface area (Å²) in [6.45, 7) is 13.6. The lowest BCUT2D eigenvalue weighted by molar-refractivity contribution is -0.179. The molecular formula is C30H42N8O11S3. The largest absolute Gasteiger partial charge is 0.457 e. The zero-order valence-corrected chi connectivity index (χ0v) is 32.2. The highest BCUT2D eigenvalue weighted by Gasteiger charge is 2.54. The SMILES string of the molecule is CC(C)(C)OC(=O)Nc1nc(/C(=N/OC(C)(C)C(=O)OC(C)(C)C)C(=O)N[C@@H]2C(=O)N(S(=O)(=O)O)[C@@H]2CNC(=O)c2cnc([C@@H]3CCNC3)s2)cs1. The van der Waals surface area contributed by atoms with E-state index in [4.69, 9.17) is 14.3 Å². The van der Waals surface area contributed by atoms with Crippen LogP contribution in [-0.2, 0) is 39.0 Å². The predicted molar refractivity (Wildman–Crippen MR) is 188 cm³/mol. The smallest absolute Gasteiger partial charge is 0.413 e. The maximum atomic E-state index is 13.7. The molecule has 286 valence electrons. The molecule has 0 unspecified atom stereocenters. The van der Waals surface area contributed by atoms with E-state index in [1.54, 1.807) is 41.5 Å². The van der Waals surface area contributed by atoms with Gasteiger partial charge in [0.1, 0.15) is 27.8 Å². The van der Waals surface area contributed by atoms with Gasteiger partial charge in [0.25, 0.3) is 17.7 Å². The molecule has 0 saturated carbocycles. The fraction of sp³-hybridized carbons (Fsp3) is 0.600. The van der Waals surface area contributed by atoms with Gasteiger partial charge in [0.2, 0.25) is 5.60 Å². The predicted octanol–water partition coefficient (Wildman–Crippen LogP) is 1.79. The Kier molecular flexibility index (Phi) is 12.0. The number of carbonyl (C=O) groups is 5. The number of nitrogens with one attached hydrogen (secondary N) is 4. The number of hydrogen-bond acceptors (Lipinski definition) is 16. The van der Waals surface area contributed by atoms with Gasteiger partial charge in [-0.1, -0.05) is 5.16 Å². The number of nitrogens with zero attached hydrogens (tertiary/aromatic N) is 4. The van der Waals surface area contributed by atoms with Crippen molar-refractivity contribution in [1.29, 1.82) is 0 Å². The Morgan fingerprint density at radius 1 is 1.10 bits per heavy atom. The quantitative estimate of drug-likeness (QED) is 0.0676. The van der Waals surface area contributed by atoms with Crippen molar-refractivity contribution in [3.63, 3.8) is 0 Å². The van der Waals surface area contributed by atoms with Crippen LogP contribution in [-0.4, -0.2) is 111 Å². The Morgan fingerprint density at radius 2 is 1.77 bits per heavy atom. The zero-order valence-electron chi connectivity index (χ0n) is 29.8. The molecule has 3 atom stereocenters. The van der Waals surface area contributed by atoms with Gasteiger partial charge >= 0.3 is 22.4 Å². The topological polar surface area (TPSA) is 257 Å². The summed E-state index contributed by atoms with van der Waals surface area (Å²) in [5, 5.41) is 16.5. The molecule has 0 radical (unpaired) electrons. The molecule has 5 N–H and O–H groups in total. The molecule has 0 aromatic carbocycles. The summed E-state index contributed by atoms with van der Waals surface area (Å²) in [6, 6.07) is -3.04. The van der Waals surface area contributed by atoms with E-state index in [-0.39, 0.29) is 25.9 Å². The monoisotopic (exact) mass is 786 g/mol. The highest BCUT2D eigenvalue weighted by molar-refractivity contribution is 7.84. The second-order valence-corrected chi connectivity index (χ2v) is 17.5. The summed E-state index contributed by atoms with van der Waals surface area (Å²) < 4.78 is 44.7. The number of hydrogen-bond donors (Lipinski definition) is 5. The van der Waals surface area contributed by atoms with Crippen LogP contribution in [0.3, 0.4) is 0 Å². The van der Waals surface area contributed by atoms with E-state index < -0.39 is 81.2 Å². The van der Waals surface area contributed by atoms with E-state index in [9.17, 15) is 36.9 Å².